The molecule has 7 nitrogen and oxygen atoms in total. The highest BCUT2D eigenvalue weighted by Crippen LogP contribution is 2.28. The Morgan fingerprint density at radius 1 is 1.00 bits per heavy atom. The van der Waals surface area contributed by atoms with Crippen LogP contribution >= 0.6 is 11.6 Å². The van der Waals surface area contributed by atoms with Gasteiger partial charge in [-0.1, -0.05) is 23.7 Å². The highest BCUT2D eigenvalue weighted by Gasteiger charge is 2.39. The minimum absolute atomic E-state index is 0.0289. The number of benzene rings is 1. The number of esters is 2. The molecule has 1 unspecified atom stereocenters. The maximum absolute atomic E-state index is 12.5. The van der Waals surface area contributed by atoms with Crippen LogP contribution < -0.4 is 5.32 Å². The van der Waals surface area contributed by atoms with E-state index in [1.807, 2.05) is 0 Å². The van der Waals surface area contributed by atoms with Gasteiger partial charge in [0.1, 0.15) is 5.60 Å². The Bertz CT molecular complexity index is 650. The molecule has 0 saturated carbocycles. The van der Waals surface area contributed by atoms with E-state index in [0.717, 1.165) is 0 Å². The number of nitrogens with one attached hydrogen (secondary N) is 1. The average Bonchev–Trinajstić information content (AvgIpc) is 2.58. The van der Waals surface area contributed by atoms with Crippen molar-refractivity contribution in [3.05, 3.63) is 34.9 Å². The normalized spacial score (nSPS) is 12.2. The first-order valence-electron chi connectivity index (χ1n) is 9.14. The van der Waals surface area contributed by atoms with Crippen molar-refractivity contribution in [1.82, 2.24) is 5.32 Å². The van der Waals surface area contributed by atoms with Gasteiger partial charge in [0.05, 0.1) is 13.2 Å². The zero-order valence-corrected chi connectivity index (χ0v) is 17.7. The maximum Gasteiger partial charge on any atom is 0.407 e. The van der Waals surface area contributed by atoms with Crippen LogP contribution in [0, 0.1) is 5.92 Å². The first-order valence-corrected chi connectivity index (χ1v) is 9.52. The third-order valence-corrected chi connectivity index (χ3v) is 3.90. The third-order valence-electron chi connectivity index (χ3n) is 3.65. The lowest BCUT2D eigenvalue weighted by Crippen LogP contribution is -2.41. The molecule has 0 heterocycles. The molecule has 0 fully saturated rings. The molecule has 1 aromatic carbocycles. The van der Waals surface area contributed by atoms with Crippen LogP contribution in [-0.4, -0.2) is 43.4 Å². The van der Waals surface area contributed by atoms with Crippen molar-refractivity contribution in [2.45, 2.75) is 46.1 Å². The summed E-state index contributed by atoms with van der Waals surface area (Å²) < 4.78 is 15.4. The van der Waals surface area contributed by atoms with E-state index in [9.17, 15) is 14.4 Å². The second-order valence-electron chi connectivity index (χ2n) is 7.02. The molecule has 28 heavy (non-hydrogen) atoms. The van der Waals surface area contributed by atoms with E-state index in [1.54, 1.807) is 58.9 Å². The van der Waals surface area contributed by atoms with Crippen molar-refractivity contribution < 1.29 is 28.6 Å². The predicted octanol–water partition coefficient (Wildman–Crippen LogP) is 3.69. The van der Waals surface area contributed by atoms with E-state index in [1.165, 1.54) is 0 Å². The van der Waals surface area contributed by atoms with Crippen LogP contribution in [0.15, 0.2) is 24.3 Å². The summed E-state index contributed by atoms with van der Waals surface area (Å²) in [6.45, 7) is 8.71. The Morgan fingerprint density at radius 2 is 1.50 bits per heavy atom. The van der Waals surface area contributed by atoms with Gasteiger partial charge in [-0.3, -0.25) is 9.59 Å². The summed E-state index contributed by atoms with van der Waals surface area (Å²) in [5, 5.41) is 3.12. The van der Waals surface area contributed by atoms with Crippen molar-refractivity contribution in [3.8, 4) is 0 Å². The number of halogens is 1. The van der Waals surface area contributed by atoms with Crippen LogP contribution in [0.3, 0.4) is 0 Å². The zero-order chi connectivity index (χ0) is 21.3. The summed E-state index contributed by atoms with van der Waals surface area (Å²) in [6.07, 6.45) is -0.655. The summed E-state index contributed by atoms with van der Waals surface area (Å²) in [5.74, 6) is -3.39. The van der Waals surface area contributed by atoms with E-state index < -0.39 is 35.5 Å². The van der Waals surface area contributed by atoms with Crippen molar-refractivity contribution in [2.24, 2.45) is 5.92 Å². The Hall–Kier alpha value is -2.28. The smallest absolute Gasteiger partial charge is 0.407 e. The molecule has 0 radical (unpaired) electrons. The summed E-state index contributed by atoms with van der Waals surface area (Å²) in [6, 6.07) is 6.67. The first kappa shape index (κ1) is 23.8. The quantitative estimate of drug-likeness (QED) is 0.397. The largest absolute Gasteiger partial charge is 0.465 e. The Balaban J connectivity index is 3.17. The topological polar surface area (TPSA) is 90.9 Å². The summed E-state index contributed by atoms with van der Waals surface area (Å²) in [4.78, 5) is 37.1. The molecular weight excluding hydrogens is 386 g/mol. The number of hydrogen-bond acceptors (Lipinski definition) is 6. The lowest BCUT2D eigenvalue weighted by atomic mass is 9.85. The minimum Gasteiger partial charge on any atom is -0.465 e. The molecule has 0 bridgehead atoms. The van der Waals surface area contributed by atoms with Gasteiger partial charge in [0.2, 0.25) is 0 Å². The standard InChI is InChI=1S/C20H28ClNO6/c1-6-26-17(23)16(18(24)27-7-2)15(13-8-10-14(21)11-9-13)12-22-19(25)28-20(3,4)5/h8-11,15-16H,6-7,12H2,1-5H3,(H,22,25). The fourth-order valence-corrected chi connectivity index (χ4v) is 2.66. The molecule has 1 atom stereocenters. The van der Waals surface area contributed by atoms with Crippen LogP contribution in [0.1, 0.15) is 46.1 Å². The molecule has 1 N–H and O–H groups in total. The van der Waals surface area contributed by atoms with Crippen LogP contribution in [-0.2, 0) is 23.8 Å². The fourth-order valence-electron chi connectivity index (χ4n) is 2.53. The summed E-state index contributed by atoms with van der Waals surface area (Å²) >= 11 is 5.95. The van der Waals surface area contributed by atoms with E-state index in [0.29, 0.717) is 10.6 Å². The maximum atomic E-state index is 12.5. The van der Waals surface area contributed by atoms with Crippen molar-refractivity contribution in [3.63, 3.8) is 0 Å². The SMILES string of the molecule is CCOC(=O)C(C(=O)OCC)C(CNC(=O)OC(C)(C)C)c1ccc(Cl)cc1. The number of alkyl carbamates (subject to hydrolysis) is 1. The van der Waals surface area contributed by atoms with Crippen LogP contribution in [0.4, 0.5) is 4.79 Å². The molecule has 1 amide bonds. The molecule has 1 aromatic rings. The summed E-state index contributed by atoms with van der Waals surface area (Å²) in [7, 11) is 0. The van der Waals surface area contributed by atoms with Gasteiger partial charge < -0.3 is 19.5 Å². The summed E-state index contributed by atoms with van der Waals surface area (Å²) in [5.41, 5.74) is -0.0480. The molecular formula is C20H28ClNO6. The predicted molar refractivity (Wildman–Crippen MR) is 105 cm³/mol. The Kier molecular flexibility index (Phi) is 9.25. The van der Waals surface area contributed by atoms with Gasteiger partial charge in [0.15, 0.2) is 5.92 Å². The van der Waals surface area contributed by atoms with Gasteiger partial charge in [-0.15, -0.1) is 0 Å². The van der Waals surface area contributed by atoms with E-state index >= 15 is 0 Å². The van der Waals surface area contributed by atoms with Gasteiger partial charge in [0.25, 0.3) is 0 Å². The van der Waals surface area contributed by atoms with E-state index in [4.69, 9.17) is 25.8 Å². The lowest BCUT2D eigenvalue weighted by Gasteiger charge is -2.26. The average molecular weight is 414 g/mol. The van der Waals surface area contributed by atoms with E-state index in [2.05, 4.69) is 5.32 Å². The van der Waals surface area contributed by atoms with Crippen LogP contribution in [0.25, 0.3) is 0 Å². The molecule has 0 aliphatic carbocycles. The highest BCUT2D eigenvalue weighted by atomic mass is 35.5. The van der Waals surface area contributed by atoms with Gasteiger partial charge in [-0.05, 0) is 52.3 Å². The van der Waals surface area contributed by atoms with Crippen molar-refractivity contribution in [1.29, 1.82) is 0 Å². The van der Waals surface area contributed by atoms with Crippen LogP contribution in [0.2, 0.25) is 5.02 Å². The van der Waals surface area contributed by atoms with Gasteiger partial charge in [-0.2, -0.15) is 0 Å². The molecule has 0 saturated heterocycles. The molecule has 0 spiro atoms. The van der Waals surface area contributed by atoms with Crippen molar-refractivity contribution >= 4 is 29.6 Å². The Morgan fingerprint density at radius 3 is 1.93 bits per heavy atom. The monoisotopic (exact) mass is 413 g/mol. The highest BCUT2D eigenvalue weighted by molar-refractivity contribution is 6.30. The molecule has 8 heteroatoms. The minimum atomic E-state index is -1.24. The number of hydrogen-bond donors (Lipinski definition) is 1. The number of rotatable bonds is 8. The van der Waals surface area contributed by atoms with E-state index in [-0.39, 0.29) is 19.8 Å². The number of amides is 1. The van der Waals surface area contributed by atoms with Gasteiger partial charge >= 0.3 is 18.0 Å². The molecule has 0 aliphatic heterocycles. The molecule has 0 aliphatic rings. The second-order valence-corrected chi connectivity index (χ2v) is 7.46. The number of ether oxygens (including phenoxy) is 3. The zero-order valence-electron chi connectivity index (χ0n) is 16.9. The van der Waals surface area contributed by atoms with Crippen LogP contribution in [0.5, 0.6) is 0 Å². The van der Waals surface area contributed by atoms with Gasteiger partial charge in [0, 0.05) is 17.5 Å². The number of carbonyl (C=O) groups is 3. The third kappa shape index (κ3) is 7.76. The first-order chi connectivity index (χ1) is 13.1. The molecule has 156 valence electrons. The fraction of sp³-hybridized carbons (Fsp3) is 0.550. The molecule has 0 aromatic heterocycles. The Labute approximate surface area is 170 Å². The number of carbonyl (C=O) groups excluding carboxylic acids is 3. The second kappa shape index (κ2) is 10.9. The van der Waals surface area contributed by atoms with Crippen molar-refractivity contribution in [2.75, 3.05) is 19.8 Å². The van der Waals surface area contributed by atoms with Gasteiger partial charge in [-0.25, -0.2) is 4.79 Å². The lowest BCUT2D eigenvalue weighted by molar-refractivity contribution is -0.162. The molecule has 1 rings (SSSR count).